The molecule has 0 bridgehead atoms. The Kier molecular flexibility index (Phi) is 8.28. The second-order valence-electron chi connectivity index (χ2n) is 6.52. The number of nitrogens with one attached hydrogen (secondary N) is 1. The summed E-state index contributed by atoms with van der Waals surface area (Å²) in [6.07, 6.45) is 0. The smallest absolute Gasteiger partial charge is 0.341 e. The van der Waals surface area contributed by atoms with Crippen LogP contribution in [0.15, 0.2) is 16.5 Å². The first kappa shape index (κ1) is 26.5. The minimum absolute atomic E-state index is 0.0131. The maximum absolute atomic E-state index is 12.7. The highest BCUT2D eigenvalue weighted by Crippen LogP contribution is 2.48. The number of primary amides is 1. The third-order valence-electron chi connectivity index (χ3n) is 4.40. The molecule has 1 aromatic carbocycles. The van der Waals surface area contributed by atoms with Gasteiger partial charge in [0.25, 0.3) is 11.8 Å². The maximum Gasteiger partial charge on any atom is 0.341 e. The van der Waals surface area contributed by atoms with Crippen LogP contribution in [0, 0.1) is 6.92 Å². The lowest BCUT2D eigenvalue weighted by atomic mass is 10.1. The number of methoxy groups -OCH3 is 1. The topological polar surface area (TPSA) is 121 Å². The highest BCUT2D eigenvalue weighted by molar-refractivity contribution is 7.18. The van der Waals surface area contributed by atoms with Gasteiger partial charge in [-0.1, -0.05) is 58.0 Å². The van der Waals surface area contributed by atoms with Crippen molar-refractivity contribution in [2.24, 2.45) is 5.73 Å². The van der Waals surface area contributed by atoms with Gasteiger partial charge in [0.15, 0.2) is 11.5 Å². The molecule has 0 unspecified atom stereocenters. The van der Waals surface area contributed by atoms with E-state index in [-0.39, 0.29) is 64.4 Å². The molecule has 8 nitrogen and oxygen atoms in total. The highest BCUT2D eigenvalue weighted by Gasteiger charge is 2.26. The van der Waals surface area contributed by atoms with Crippen LogP contribution in [0.4, 0.5) is 5.00 Å². The van der Waals surface area contributed by atoms with Gasteiger partial charge >= 0.3 is 5.97 Å². The van der Waals surface area contributed by atoms with Gasteiger partial charge in [0.05, 0.1) is 32.6 Å². The molecular weight excluding hydrogens is 574 g/mol. The highest BCUT2D eigenvalue weighted by atomic mass is 35.5. The molecule has 0 radical (unpaired) electrons. The number of anilines is 1. The molecule has 3 aromatic rings. The van der Waals surface area contributed by atoms with Crippen molar-refractivity contribution in [1.29, 1.82) is 0 Å². The fraction of sp³-hybridized carbons (Fsp3) is 0.150. The number of carbonyl (C=O) groups is 3. The Balaban J connectivity index is 1.80. The average Bonchev–Trinajstić information content (AvgIpc) is 3.40. The number of furan rings is 1. The summed E-state index contributed by atoms with van der Waals surface area (Å²) in [5.74, 6) is -2.06. The molecule has 0 aliphatic heterocycles. The molecule has 2 amide bonds. The average molecular weight is 587 g/mol. The second kappa shape index (κ2) is 10.6. The fourth-order valence-corrected chi connectivity index (χ4v) is 5.05. The first-order chi connectivity index (χ1) is 16.0. The number of benzene rings is 1. The van der Waals surface area contributed by atoms with E-state index in [1.54, 1.807) is 0 Å². The molecule has 0 aliphatic rings. The molecule has 180 valence electrons. The van der Waals surface area contributed by atoms with Gasteiger partial charge in [-0.05, 0) is 24.6 Å². The first-order valence-corrected chi connectivity index (χ1v) is 11.7. The summed E-state index contributed by atoms with van der Waals surface area (Å²) < 4.78 is 15.8. The first-order valence-electron chi connectivity index (χ1n) is 9.03. The third-order valence-corrected chi connectivity index (χ3v) is 7.86. The number of esters is 1. The quantitative estimate of drug-likeness (QED) is 0.182. The van der Waals surface area contributed by atoms with Crippen molar-refractivity contribution in [3.8, 4) is 5.75 Å². The van der Waals surface area contributed by atoms with Crippen LogP contribution in [0.3, 0.4) is 0 Å². The Hall–Kier alpha value is -2.14. The van der Waals surface area contributed by atoms with Gasteiger partial charge in [-0.3, -0.25) is 9.59 Å². The van der Waals surface area contributed by atoms with Gasteiger partial charge in [0.1, 0.15) is 27.4 Å². The zero-order valence-corrected chi connectivity index (χ0v) is 21.8. The van der Waals surface area contributed by atoms with Crippen LogP contribution in [0.1, 0.15) is 41.9 Å². The van der Waals surface area contributed by atoms with E-state index < -0.39 is 17.8 Å². The van der Waals surface area contributed by atoms with E-state index in [1.165, 1.54) is 26.2 Å². The van der Waals surface area contributed by atoms with Crippen molar-refractivity contribution >= 4 is 92.1 Å². The van der Waals surface area contributed by atoms with Crippen molar-refractivity contribution in [2.75, 3.05) is 12.4 Å². The lowest BCUT2D eigenvalue weighted by Crippen LogP contribution is -2.14. The molecule has 0 spiro atoms. The number of amides is 2. The SMILES string of the molecule is COC(=O)c1c(NC(=O)c2ccc(COc3c(Cl)c(Cl)c(Cl)c(Cl)c3Cl)o2)sc(C(N)=O)c1C. The molecule has 0 saturated heterocycles. The molecule has 0 atom stereocenters. The zero-order valence-electron chi connectivity index (χ0n) is 17.2. The van der Waals surface area contributed by atoms with Crippen LogP contribution < -0.4 is 15.8 Å². The van der Waals surface area contributed by atoms with Crippen molar-refractivity contribution < 1.29 is 28.3 Å². The minimum Gasteiger partial charge on any atom is -0.482 e. The van der Waals surface area contributed by atoms with E-state index in [2.05, 4.69) is 5.32 Å². The van der Waals surface area contributed by atoms with Gasteiger partial charge in [-0.2, -0.15) is 0 Å². The number of nitrogens with two attached hydrogens (primary N) is 1. The number of hydrogen-bond donors (Lipinski definition) is 2. The number of carbonyl (C=O) groups excluding carboxylic acids is 3. The minimum atomic E-state index is -0.745. The van der Waals surface area contributed by atoms with Crippen LogP contribution in [-0.2, 0) is 11.3 Å². The largest absolute Gasteiger partial charge is 0.482 e. The molecule has 3 rings (SSSR count). The van der Waals surface area contributed by atoms with E-state index in [0.717, 1.165) is 11.3 Å². The van der Waals surface area contributed by atoms with Crippen molar-refractivity contribution in [1.82, 2.24) is 0 Å². The van der Waals surface area contributed by atoms with E-state index in [9.17, 15) is 14.4 Å². The Morgan fingerprint density at radius 3 is 2.18 bits per heavy atom. The number of rotatable bonds is 7. The number of hydrogen-bond acceptors (Lipinski definition) is 7. The zero-order chi connectivity index (χ0) is 25.3. The number of halogens is 5. The Bertz CT molecular complexity index is 1290. The van der Waals surface area contributed by atoms with Gasteiger partial charge in [0.2, 0.25) is 0 Å². The van der Waals surface area contributed by atoms with Crippen LogP contribution in [0.25, 0.3) is 0 Å². The summed E-state index contributed by atoms with van der Waals surface area (Å²) in [6.45, 7) is 1.34. The molecule has 2 aromatic heterocycles. The van der Waals surface area contributed by atoms with E-state index >= 15 is 0 Å². The lowest BCUT2D eigenvalue weighted by Gasteiger charge is -2.12. The van der Waals surface area contributed by atoms with Gasteiger partial charge < -0.3 is 24.9 Å². The standard InChI is InChI=1S/C20H13Cl5N2O6S/c1-6-9(20(30)31-2)19(34-16(6)17(26)28)27-18(29)8-4-3-7(33-8)5-32-15-13(24)11(22)10(21)12(23)14(15)25/h3-4H,5H2,1-2H3,(H2,26,28)(H,27,29). The number of ether oxygens (including phenoxy) is 2. The van der Waals surface area contributed by atoms with E-state index in [1.807, 2.05) is 0 Å². The number of thiophene rings is 1. The predicted octanol–water partition coefficient (Wildman–Crippen LogP) is 6.63. The molecule has 34 heavy (non-hydrogen) atoms. The summed E-state index contributed by atoms with van der Waals surface area (Å²) in [5.41, 5.74) is 5.66. The van der Waals surface area contributed by atoms with E-state index in [0.29, 0.717) is 5.56 Å². The van der Waals surface area contributed by atoms with Gasteiger partial charge in [-0.25, -0.2) is 4.79 Å². The molecule has 2 heterocycles. The van der Waals surface area contributed by atoms with E-state index in [4.69, 9.17) is 77.6 Å². The second-order valence-corrected chi connectivity index (χ2v) is 9.43. The van der Waals surface area contributed by atoms with Crippen molar-refractivity contribution in [3.05, 3.63) is 64.8 Å². The Labute approximate surface area is 221 Å². The van der Waals surface area contributed by atoms with Crippen LogP contribution in [-0.4, -0.2) is 24.9 Å². The normalized spacial score (nSPS) is 10.8. The van der Waals surface area contributed by atoms with Crippen LogP contribution in [0.5, 0.6) is 5.75 Å². The summed E-state index contributed by atoms with van der Waals surface area (Å²) in [4.78, 5) is 36.6. The van der Waals surface area contributed by atoms with Gasteiger partial charge in [-0.15, -0.1) is 11.3 Å². The Morgan fingerprint density at radius 1 is 1.03 bits per heavy atom. The van der Waals surface area contributed by atoms with Crippen molar-refractivity contribution in [3.63, 3.8) is 0 Å². The fourth-order valence-electron chi connectivity index (χ4n) is 2.78. The monoisotopic (exact) mass is 584 g/mol. The summed E-state index contributed by atoms with van der Waals surface area (Å²) in [6, 6.07) is 2.86. The van der Waals surface area contributed by atoms with Crippen LogP contribution in [0.2, 0.25) is 25.1 Å². The molecule has 14 heteroatoms. The molecule has 0 saturated carbocycles. The van der Waals surface area contributed by atoms with Gasteiger partial charge in [0, 0.05) is 0 Å². The maximum atomic E-state index is 12.7. The summed E-state index contributed by atoms with van der Waals surface area (Å²) >= 11 is 31.1. The Morgan fingerprint density at radius 2 is 1.62 bits per heavy atom. The summed E-state index contributed by atoms with van der Waals surface area (Å²) in [5, 5.41) is 2.45. The molecule has 0 fully saturated rings. The molecular formula is C20H13Cl5N2O6S. The summed E-state index contributed by atoms with van der Waals surface area (Å²) in [7, 11) is 1.17. The molecule has 3 N–H and O–H groups in total. The third kappa shape index (κ3) is 5.10. The van der Waals surface area contributed by atoms with Crippen molar-refractivity contribution in [2.45, 2.75) is 13.5 Å². The molecule has 0 aliphatic carbocycles. The predicted molar refractivity (Wildman–Crippen MR) is 131 cm³/mol. The lowest BCUT2D eigenvalue weighted by molar-refractivity contribution is 0.0601. The van der Waals surface area contributed by atoms with Crippen LogP contribution >= 0.6 is 69.3 Å².